The van der Waals surface area contributed by atoms with Gasteiger partial charge in [-0.15, -0.1) is 0 Å². The second-order valence-electron chi connectivity index (χ2n) is 8.25. The number of rotatable bonds is 11. The Morgan fingerprint density at radius 2 is 2.00 bits per heavy atom. The number of nitrogens with zero attached hydrogens (tertiary/aromatic N) is 3. The summed E-state index contributed by atoms with van der Waals surface area (Å²) in [6, 6.07) is 17.3. The normalized spacial score (nSPS) is 11.1. The van der Waals surface area contributed by atoms with Gasteiger partial charge in [-0.25, -0.2) is 14.4 Å². The van der Waals surface area contributed by atoms with Gasteiger partial charge in [0.05, 0.1) is 10.5 Å². The molecule has 0 aliphatic rings. The smallest absolute Gasteiger partial charge is 0.159 e. The maximum Gasteiger partial charge on any atom is 0.159 e. The van der Waals surface area contributed by atoms with E-state index in [4.69, 9.17) is 21.2 Å². The maximum absolute atomic E-state index is 13.4. The van der Waals surface area contributed by atoms with Crippen LogP contribution in [0.5, 0.6) is 5.75 Å². The van der Waals surface area contributed by atoms with Crippen molar-refractivity contribution in [3.05, 3.63) is 89.0 Å². The van der Waals surface area contributed by atoms with Crippen LogP contribution in [0.25, 0.3) is 10.9 Å². The summed E-state index contributed by atoms with van der Waals surface area (Å²) in [7, 11) is 1.89. The zero-order chi connectivity index (χ0) is 26.7. The minimum absolute atomic E-state index is 0.202. The van der Waals surface area contributed by atoms with E-state index in [1.54, 1.807) is 31.2 Å². The summed E-state index contributed by atoms with van der Waals surface area (Å²) >= 11 is 6.47. The molecule has 0 aliphatic carbocycles. The van der Waals surface area contributed by atoms with Crippen LogP contribution < -0.4 is 15.4 Å². The number of oxime groups is 1. The van der Waals surface area contributed by atoms with Crippen molar-refractivity contribution >= 4 is 39.7 Å². The molecule has 4 aromatic rings. The van der Waals surface area contributed by atoms with Crippen LogP contribution in [-0.2, 0) is 11.4 Å². The van der Waals surface area contributed by atoms with E-state index in [1.807, 2.05) is 31.3 Å². The minimum Gasteiger partial charge on any atom is -0.487 e. The van der Waals surface area contributed by atoms with Crippen molar-refractivity contribution < 1.29 is 14.0 Å². The first kappa shape index (κ1) is 26.9. The molecular weight excluding hydrogens is 505 g/mol. The first-order valence-corrected chi connectivity index (χ1v) is 12.4. The third-order valence-corrected chi connectivity index (χ3v) is 5.74. The molecule has 3 aromatic carbocycles. The molecule has 1 aromatic heterocycles. The van der Waals surface area contributed by atoms with Crippen molar-refractivity contribution in [3.63, 3.8) is 0 Å². The Hall–Kier alpha value is -4.19. The second kappa shape index (κ2) is 13.4. The predicted molar refractivity (Wildman–Crippen MR) is 149 cm³/mol. The van der Waals surface area contributed by atoms with Gasteiger partial charge >= 0.3 is 0 Å². The van der Waals surface area contributed by atoms with Gasteiger partial charge in [0.25, 0.3) is 0 Å². The summed E-state index contributed by atoms with van der Waals surface area (Å²) in [6.07, 6.45) is 2.33. The number of nitrogens with one attached hydrogen (secondary N) is 2. The molecular formula is C29H27ClFN5O2. The fourth-order valence-corrected chi connectivity index (χ4v) is 3.85. The lowest BCUT2D eigenvalue weighted by atomic mass is 10.1. The maximum atomic E-state index is 13.4. The van der Waals surface area contributed by atoms with Gasteiger partial charge < -0.3 is 20.2 Å². The van der Waals surface area contributed by atoms with E-state index in [2.05, 4.69) is 37.6 Å². The molecule has 7 nitrogen and oxygen atoms in total. The van der Waals surface area contributed by atoms with Crippen molar-refractivity contribution in [2.45, 2.75) is 20.0 Å². The lowest BCUT2D eigenvalue weighted by Crippen LogP contribution is -2.10. The number of fused-ring (bicyclic) bond motifs is 1. The van der Waals surface area contributed by atoms with Crippen molar-refractivity contribution in [3.8, 4) is 17.6 Å². The molecule has 9 heteroatoms. The zero-order valence-electron chi connectivity index (χ0n) is 21.1. The zero-order valence-corrected chi connectivity index (χ0v) is 21.8. The number of hydrogen-bond donors (Lipinski definition) is 2. The summed E-state index contributed by atoms with van der Waals surface area (Å²) in [6.45, 7) is 3.29. The molecule has 0 bridgehead atoms. The monoisotopic (exact) mass is 531 g/mol. The van der Waals surface area contributed by atoms with Crippen LogP contribution in [-0.4, -0.2) is 35.9 Å². The van der Waals surface area contributed by atoms with Gasteiger partial charge in [-0.2, -0.15) is 0 Å². The molecule has 4 rings (SSSR count). The van der Waals surface area contributed by atoms with E-state index >= 15 is 0 Å². The van der Waals surface area contributed by atoms with Crippen molar-refractivity contribution in [2.24, 2.45) is 5.16 Å². The fourth-order valence-electron chi connectivity index (χ4n) is 3.61. The van der Waals surface area contributed by atoms with Crippen LogP contribution in [0.1, 0.15) is 24.5 Å². The van der Waals surface area contributed by atoms with Gasteiger partial charge in [-0.1, -0.05) is 34.8 Å². The van der Waals surface area contributed by atoms with Crippen molar-refractivity contribution in [2.75, 3.05) is 25.5 Å². The van der Waals surface area contributed by atoms with E-state index < -0.39 is 0 Å². The van der Waals surface area contributed by atoms with Crippen molar-refractivity contribution in [1.29, 1.82) is 0 Å². The molecule has 0 atom stereocenters. The van der Waals surface area contributed by atoms with Gasteiger partial charge in [-0.05, 0) is 87.0 Å². The summed E-state index contributed by atoms with van der Waals surface area (Å²) in [5.74, 6) is 6.68. The highest BCUT2D eigenvalue weighted by molar-refractivity contribution is 6.32. The summed E-state index contributed by atoms with van der Waals surface area (Å²) in [5, 5.41) is 11.8. The molecule has 0 unspecified atom stereocenters. The van der Waals surface area contributed by atoms with Gasteiger partial charge in [-0.3, -0.25) is 0 Å². The highest BCUT2D eigenvalue weighted by atomic mass is 35.5. The Kier molecular flexibility index (Phi) is 9.46. The average Bonchev–Trinajstić information content (AvgIpc) is 2.92. The summed E-state index contributed by atoms with van der Waals surface area (Å²) in [5.41, 5.74) is 3.50. The van der Waals surface area contributed by atoms with Gasteiger partial charge in [0, 0.05) is 16.6 Å². The largest absolute Gasteiger partial charge is 0.487 e. The number of hydrogen-bond acceptors (Lipinski definition) is 7. The third-order valence-electron chi connectivity index (χ3n) is 5.45. The first-order chi connectivity index (χ1) is 18.6. The van der Waals surface area contributed by atoms with Gasteiger partial charge in [0.2, 0.25) is 0 Å². The number of anilines is 2. The minimum atomic E-state index is -0.311. The second-order valence-corrected chi connectivity index (χ2v) is 8.66. The van der Waals surface area contributed by atoms with E-state index in [0.29, 0.717) is 40.2 Å². The van der Waals surface area contributed by atoms with Gasteiger partial charge in [0.15, 0.2) is 5.71 Å². The standard InChI is InChI=1S/C29H27ClFN5O2/c1-3-6-26(36-38-14-5-13-32-2)21-9-11-27-24(16-21)29(34-19-33-27)35-23-10-12-28(25(30)17-23)37-18-20-7-4-8-22(31)15-20/h4,7-12,15-17,19,32H,5,13-14,18H2,1-2H3,(H,33,34,35)/b36-26+. The fraction of sp³-hybridized carbons (Fsp3) is 0.207. The lowest BCUT2D eigenvalue weighted by Gasteiger charge is -2.12. The first-order valence-electron chi connectivity index (χ1n) is 12.0. The van der Waals surface area contributed by atoms with E-state index in [0.717, 1.165) is 29.4 Å². The quantitative estimate of drug-likeness (QED) is 0.105. The number of benzene rings is 3. The highest BCUT2D eigenvalue weighted by Crippen LogP contribution is 2.31. The average molecular weight is 532 g/mol. The molecule has 0 saturated carbocycles. The number of ether oxygens (including phenoxy) is 1. The SMILES string of the molecule is CC#C/C(=N\OCCCNC)c1ccc2ncnc(Nc3ccc(OCc4cccc(F)c4)c(Cl)c3)c2c1. The molecule has 38 heavy (non-hydrogen) atoms. The molecule has 2 N–H and O–H groups in total. The lowest BCUT2D eigenvalue weighted by molar-refractivity contribution is 0.142. The van der Waals surface area contributed by atoms with Crippen LogP contribution in [0.15, 0.2) is 72.1 Å². The molecule has 0 aliphatic heterocycles. The Balaban J connectivity index is 1.53. The molecule has 0 fully saturated rings. The van der Waals surface area contributed by atoms with E-state index in [9.17, 15) is 4.39 Å². The number of halogens is 2. The third kappa shape index (κ3) is 7.19. The van der Waals surface area contributed by atoms with Gasteiger partial charge in [0.1, 0.15) is 36.9 Å². The summed E-state index contributed by atoms with van der Waals surface area (Å²) in [4.78, 5) is 14.3. The van der Waals surface area contributed by atoms with Crippen LogP contribution >= 0.6 is 11.6 Å². The molecule has 0 radical (unpaired) electrons. The Morgan fingerprint density at radius 3 is 2.79 bits per heavy atom. The van der Waals surface area contributed by atoms with E-state index in [1.165, 1.54) is 18.5 Å². The Morgan fingerprint density at radius 1 is 1.11 bits per heavy atom. The van der Waals surface area contributed by atoms with Crippen molar-refractivity contribution in [1.82, 2.24) is 15.3 Å². The highest BCUT2D eigenvalue weighted by Gasteiger charge is 2.11. The van der Waals surface area contributed by atoms with Crippen LogP contribution in [0.2, 0.25) is 5.02 Å². The van der Waals surface area contributed by atoms with Crippen LogP contribution in [0.4, 0.5) is 15.9 Å². The molecule has 0 spiro atoms. The topological polar surface area (TPSA) is 80.7 Å². The Labute approximate surface area is 226 Å². The van der Waals surface area contributed by atoms with E-state index in [-0.39, 0.29) is 12.4 Å². The molecule has 194 valence electrons. The molecule has 1 heterocycles. The summed E-state index contributed by atoms with van der Waals surface area (Å²) < 4.78 is 19.2. The molecule has 0 amide bonds. The Bertz CT molecular complexity index is 1500. The predicted octanol–water partition coefficient (Wildman–Crippen LogP) is 6.10. The van der Waals surface area contributed by atoms with Crippen LogP contribution in [0, 0.1) is 17.7 Å². The number of aromatic nitrogens is 2. The molecule has 0 saturated heterocycles. The van der Waals surface area contributed by atoms with Crippen LogP contribution in [0.3, 0.4) is 0 Å².